The smallest absolute Gasteiger partial charge is 0.256 e. The minimum atomic E-state index is -0.328. The summed E-state index contributed by atoms with van der Waals surface area (Å²) in [7, 11) is 0. The summed E-state index contributed by atoms with van der Waals surface area (Å²) in [6.07, 6.45) is 2.69. The van der Waals surface area contributed by atoms with Crippen LogP contribution in [0.15, 0.2) is 22.7 Å². The zero-order valence-corrected chi connectivity index (χ0v) is 12.0. The van der Waals surface area contributed by atoms with E-state index in [9.17, 15) is 4.79 Å². The molecule has 1 saturated heterocycles. The van der Waals surface area contributed by atoms with Crippen molar-refractivity contribution in [1.82, 2.24) is 4.90 Å². The maximum atomic E-state index is 12.4. The van der Waals surface area contributed by atoms with E-state index in [0.717, 1.165) is 23.7 Å². The molecule has 1 atom stereocenters. The van der Waals surface area contributed by atoms with Crippen molar-refractivity contribution in [3.63, 3.8) is 0 Å². The quantitative estimate of drug-likeness (QED) is 0.790. The largest absolute Gasteiger partial charge is 0.323 e. The number of likely N-dealkylation sites (tertiary alicyclic amines) is 1. The molecular weight excluding hydrogens is 316 g/mol. The number of hydrogen-bond acceptors (Lipinski definition) is 2. The normalized spacial score (nSPS) is 19.4. The van der Waals surface area contributed by atoms with Crippen LogP contribution in [0.3, 0.4) is 0 Å². The average molecular weight is 328 g/mol. The van der Waals surface area contributed by atoms with Crippen LogP contribution in [0.1, 0.15) is 29.6 Å². The van der Waals surface area contributed by atoms with Gasteiger partial charge in [0.2, 0.25) is 0 Å². The number of amides is 1. The molecular formula is C13H12BrClN2O. The molecule has 18 heavy (non-hydrogen) atoms. The van der Waals surface area contributed by atoms with Gasteiger partial charge in [-0.3, -0.25) is 4.79 Å². The van der Waals surface area contributed by atoms with Crippen molar-refractivity contribution in [3.8, 4) is 6.07 Å². The van der Waals surface area contributed by atoms with Crippen LogP contribution in [0.2, 0.25) is 5.02 Å². The number of carbonyl (C=O) groups is 1. The Balaban J connectivity index is 2.27. The zero-order chi connectivity index (χ0) is 13.1. The summed E-state index contributed by atoms with van der Waals surface area (Å²) in [4.78, 5) is 14.0. The van der Waals surface area contributed by atoms with Crippen molar-refractivity contribution in [2.75, 3.05) is 6.54 Å². The number of benzene rings is 1. The van der Waals surface area contributed by atoms with Gasteiger partial charge in [-0.25, -0.2) is 0 Å². The highest BCUT2D eigenvalue weighted by Crippen LogP contribution is 2.25. The summed E-state index contributed by atoms with van der Waals surface area (Å²) in [6, 6.07) is 7.03. The molecule has 1 aromatic rings. The first-order valence-corrected chi connectivity index (χ1v) is 6.96. The van der Waals surface area contributed by atoms with Gasteiger partial charge in [0, 0.05) is 11.0 Å². The third-order valence-corrected chi connectivity index (χ3v) is 3.88. The number of nitrogens with zero attached hydrogens (tertiary/aromatic N) is 2. The van der Waals surface area contributed by atoms with Crippen LogP contribution in [-0.2, 0) is 0 Å². The SMILES string of the molecule is N#CC1CCCCN1C(=O)c1ccc(Br)cc1Cl. The van der Waals surface area contributed by atoms with Gasteiger partial charge in [0.15, 0.2) is 0 Å². The molecule has 0 spiro atoms. The van der Waals surface area contributed by atoms with E-state index in [1.807, 2.05) is 0 Å². The van der Waals surface area contributed by atoms with Crippen LogP contribution < -0.4 is 0 Å². The summed E-state index contributed by atoms with van der Waals surface area (Å²) in [6.45, 7) is 0.628. The molecule has 0 aromatic heterocycles. The average Bonchev–Trinajstić information content (AvgIpc) is 2.38. The maximum Gasteiger partial charge on any atom is 0.256 e. The van der Waals surface area contributed by atoms with Gasteiger partial charge in [0.1, 0.15) is 6.04 Å². The predicted octanol–water partition coefficient (Wildman–Crippen LogP) is 3.62. The van der Waals surface area contributed by atoms with Gasteiger partial charge in [-0.1, -0.05) is 27.5 Å². The van der Waals surface area contributed by atoms with Gasteiger partial charge in [0.25, 0.3) is 5.91 Å². The molecule has 0 bridgehead atoms. The summed E-state index contributed by atoms with van der Waals surface area (Å²) in [5, 5.41) is 9.50. The molecule has 0 saturated carbocycles. The molecule has 1 aliphatic rings. The van der Waals surface area contributed by atoms with Crippen LogP contribution in [-0.4, -0.2) is 23.4 Å². The van der Waals surface area contributed by atoms with Crippen molar-refractivity contribution in [3.05, 3.63) is 33.3 Å². The Morgan fingerprint density at radius 3 is 2.94 bits per heavy atom. The van der Waals surface area contributed by atoms with E-state index in [0.29, 0.717) is 17.1 Å². The summed E-state index contributed by atoms with van der Waals surface area (Å²) >= 11 is 9.38. The Kier molecular flexibility index (Phi) is 4.26. The van der Waals surface area contributed by atoms with Crippen LogP contribution in [0.4, 0.5) is 0 Å². The lowest BCUT2D eigenvalue weighted by Crippen LogP contribution is -2.43. The zero-order valence-electron chi connectivity index (χ0n) is 9.70. The van der Waals surface area contributed by atoms with Crippen LogP contribution in [0.5, 0.6) is 0 Å². The minimum Gasteiger partial charge on any atom is -0.323 e. The van der Waals surface area contributed by atoms with Crippen LogP contribution in [0, 0.1) is 11.3 Å². The molecule has 94 valence electrons. The second kappa shape index (κ2) is 5.73. The van der Waals surface area contributed by atoms with Crippen molar-refractivity contribution >= 4 is 33.4 Å². The Bertz CT molecular complexity index is 512. The predicted molar refractivity (Wildman–Crippen MR) is 73.4 cm³/mol. The fourth-order valence-corrected chi connectivity index (χ4v) is 2.88. The highest BCUT2D eigenvalue weighted by molar-refractivity contribution is 9.10. The number of halogens is 2. The van der Waals surface area contributed by atoms with E-state index >= 15 is 0 Å². The number of piperidine rings is 1. The van der Waals surface area contributed by atoms with Crippen molar-refractivity contribution in [2.24, 2.45) is 0 Å². The topological polar surface area (TPSA) is 44.1 Å². The van der Waals surface area contributed by atoms with E-state index in [1.54, 1.807) is 23.1 Å². The Hall–Kier alpha value is -1.05. The maximum absolute atomic E-state index is 12.4. The Morgan fingerprint density at radius 2 is 2.28 bits per heavy atom. The molecule has 1 aliphatic heterocycles. The first-order valence-electron chi connectivity index (χ1n) is 5.79. The fourth-order valence-electron chi connectivity index (χ4n) is 2.13. The van der Waals surface area contributed by atoms with E-state index in [4.69, 9.17) is 16.9 Å². The molecule has 0 aliphatic carbocycles. The number of carbonyl (C=O) groups excluding carboxylic acids is 1. The third kappa shape index (κ3) is 2.68. The molecule has 1 aromatic carbocycles. The Morgan fingerprint density at radius 1 is 1.50 bits per heavy atom. The first kappa shape index (κ1) is 13.4. The second-order valence-electron chi connectivity index (χ2n) is 4.26. The van der Waals surface area contributed by atoms with Crippen LogP contribution >= 0.6 is 27.5 Å². The third-order valence-electron chi connectivity index (χ3n) is 3.07. The first-order chi connectivity index (χ1) is 8.63. The molecule has 2 rings (SSSR count). The second-order valence-corrected chi connectivity index (χ2v) is 5.59. The molecule has 3 nitrogen and oxygen atoms in total. The molecule has 0 radical (unpaired) electrons. The van der Waals surface area contributed by atoms with Crippen molar-refractivity contribution in [1.29, 1.82) is 5.26 Å². The fraction of sp³-hybridized carbons (Fsp3) is 0.385. The minimum absolute atomic E-state index is 0.154. The molecule has 1 heterocycles. The molecule has 1 fully saturated rings. The van der Waals surface area contributed by atoms with Gasteiger partial charge >= 0.3 is 0 Å². The monoisotopic (exact) mass is 326 g/mol. The van der Waals surface area contributed by atoms with E-state index in [1.165, 1.54) is 0 Å². The standard InChI is InChI=1S/C13H12BrClN2O/c14-9-4-5-11(12(15)7-9)13(18)17-6-2-1-3-10(17)8-16/h4-5,7,10H,1-3,6H2. The van der Waals surface area contributed by atoms with Gasteiger partial charge < -0.3 is 4.90 Å². The summed E-state index contributed by atoms with van der Waals surface area (Å²) < 4.78 is 0.833. The summed E-state index contributed by atoms with van der Waals surface area (Å²) in [5.41, 5.74) is 0.460. The molecule has 0 N–H and O–H groups in total. The Labute approximate surface area is 119 Å². The van der Waals surface area contributed by atoms with E-state index in [-0.39, 0.29) is 11.9 Å². The van der Waals surface area contributed by atoms with Gasteiger partial charge in [0.05, 0.1) is 16.7 Å². The van der Waals surface area contributed by atoms with Crippen molar-refractivity contribution in [2.45, 2.75) is 25.3 Å². The highest BCUT2D eigenvalue weighted by Gasteiger charge is 2.28. The van der Waals surface area contributed by atoms with Crippen molar-refractivity contribution < 1.29 is 4.79 Å². The molecule has 5 heteroatoms. The molecule has 1 unspecified atom stereocenters. The highest BCUT2D eigenvalue weighted by atomic mass is 79.9. The number of nitriles is 1. The van der Waals surface area contributed by atoms with Crippen LogP contribution in [0.25, 0.3) is 0 Å². The van der Waals surface area contributed by atoms with Gasteiger partial charge in [-0.2, -0.15) is 5.26 Å². The summed E-state index contributed by atoms with van der Waals surface area (Å²) in [5.74, 6) is -0.154. The van der Waals surface area contributed by atoms with Gasteiger partial charge in [-0.15, -0.1) is 0 Å². The number of hydrogen-bond donors (Lipinski definition) is 0. The molecule has 1 amide bonds. The van der Waals surface area contributed by atoms with E-state index in [2.05, 4.69) is 22.0 Å². The lowest BCUT2D eigenvalue weighted by molar-refractivity contribution is 0.0671. The lowest BCUT2D eigenvalue weighted by atomic mass is 10.0. The van der Waals surface area contributed by atoms with E-state index < -0.39 is 0 Å². The lowest BCUT2D eigenvalue weighted by Gasteiger charge is -2.31. The van der Waals surface area contributed by atoms with Gasteiger partial charge in [-0.05, 0) is 37.5 Å². The number of rotatable bonds is 1.